The predicted molar refractivity (Wildman–Crippen MR) is 90.8 cm³/mol. The third-order valence-corrected chi connectivity index (χ3v) is 5.00. The lowest BCUT2D eigenvalue weighted by molar-refractivity contribution is -0.120. The van der Waals surface area contributed by atoms with Gasteiger partial charge in [0, 0.05) is 12.3 Å². The van der Waals surface area contributed by atoms with Crippen LogP contribution in [0.5, 0.6) is 11.5 Å². The third kappa shape index (κ3) is 4.15. The van der Waals surface area contributed by atoms with Gasteiger partial charge in [-0.15, -0.1) is 0 Å². The summed E-state index contributed by atoms with van der Waals surface area (Å²) in [5, 5.41) is 0. The van der Waals surface area contributed by atoms with Gasteiger partial charge in [0.2, 0.25) is 6.79 Å². The maximum absolute atomic E-state index is 11.7. The molecule has 3 nitrogen and oxygen atoms in total. The largest absolute Gasteiger partial charge is 0.454 e. The van der Waals surface area contributed by atoms with Gasteiger partial charge in [-0.05, 0) is 62.6 Å². The number of benzene rings is 1. The van der Waals surface area contributed by atoms with Gasteiger partial charge in [-0.1, -0.05) is 24.6 Å². The van der Waals surface area contributed by atoms with Crippen LogP contribution in [0.15, 0.2) is 29.8 Å². The number of hydrogen-bond donors (Lipinski definition) is 0. The smallest absolute Gasteiger partial charge is 0.231 e. The van der Waals surface area contributed by atoms with Crippen molar-refractivity contribution in [2.24, 2.45) is 5.92 Å². The number of fused-ring (bicyclic) bond motifs is 1. The summed E-state index contributed by atoms with van der Waals surface area (Å²) in [5.74, 6) is 2.53. The highest BCUT2D eigenvalue weighted by Crippen LogP contribution is 2.33. The van der Waals surface area contributed by atoms with Gasteiger partial charge in [0.25, 0.3) is 0 Å². The molecule has 0 saturated heterocycles. The summed E-state index contributed by atoms with van der Waals surface area (Å²) in [6, 6.07) is 6.19. The Morgan fingerprint density at radius 3 is 2.96 bits per heavy atom. The number of hydrogen-bond acceptors (Lipinski definition) is 3. The minimum Gasteiger partial charge on any atom is -0.454 e. The predicted octanol–water partition coefficient (Wildman–Crippen LogP) is 4.83. The van der Waals surface area contributed by atoms with E-state index in [1.54, 1.807) is 0 Å². The molecule has 124 valence electrons. The molecule has 1 aliphatic heterocycles. The maximum Gasteiger partial charge on any atom is 0.231 e. The van der Waals surface area contributed by atoms with E-state index in [0.717, 1.165) is 62.9 Å². The first-order valence-electron chi connectivity index (χ1n) is 8.85. The van der Waals surface area contributed by atoms with E-state index in [1.165, 1.54) is 11.1 Å². The van der Waals surface area contributed by atoms with E-state index in [4.69, 9.17) is 9.47 Å². The molecule has 3 heteroatoms. The first-order chi connectivity index (χ1) is 11.3. The van der Waals surface area contributed by atoms with Crippen LogP contribution in [0.4, 0.5) is 0 Å². The van der Waals surface area contributed by atoms with Crippen molar-refractivity contribution in [1.29, 1.82) is 0 Å². The Morgan fingerprint density at radius 2 is 2.17 bits per heavy atom. The number of rotatable bonds is 7. The van der Waals surface area contributed by atoms with E-state index < -0.39 is 0 Å². The van der Waals surface area contributed by atoms with Crippen LogP contribution in [0.25, 0.3) is 0 Å². The van der Waals surface area contributed by atoms with Crippen LogP contribution >= 0.6 is 0 Å². The lowest BCUT2D eigenvalue weighted by Crippen LogP contribution is -2.06. The highest BCUT2D eigenvalue weighted by molar-refractivity contribution is 5.82. The molecule has 0 bridgehead atoms. The van der Waals surface area contributed by atoms with Crippen LogP contribution in [0, 0.1) is 5.92 Å². The molecule has 1 saturated carbocycles. The molecule has 1 aliphatic carbocycles. The highest BCUT2D eigenvalue weighted by Gasteiger charge is 2.23. The quantitative estimate of drug-likeness (QED) is 0.676. The van der Waals surface area contributed by atoms with Crippen molar-refractivity contribution in [2.75, 3.05) is 6.79 Å². The highest BCUT2D eigenvalue weighted by atomic mass is 16.7. The second kappa shape index (κ2) is 7.67. The Kier molecular flexibility index (Phi) is 5.37. The Morgan fingerprint density at radius 1 is 1.30 bits per heavy atom. The fourth-order valence-corrected chi connectivity index (χ4v) is 3.52. The summed E-state index contributed by atoms with van der Waals surface area (Å²) < 4.78 is 10.8. The molecule has 1 fully saturated rings. The maximum atomic E-state index is 11.7. The second-order valence-corrected chi connectivity index (χ2v) is 6.54. The van der Waals surface area contributed by atoms with Crippen molar-refractivity contribution in [3.05, 3.63) is 35.4 Å². The van der Waals surface area contributed by atoms with E-state index in [2.05, 4.69) is 25.1 Å². The number of aryl methyl sites for hydroxylation is 1. The lowest BCUT2D eigenvalue weighted by atomic mass is 9.95. The standard InChI is InChI=1S/C20H26O3/c1-2-15(9-11-17-7-4-8-18(17)21)5-3-6-16-10-12-19-20(13-16)23-14-22-19/h5,10,12-13,17H,2-4,6-9,11,14H2,1H3. The monoisotopic (exact) mass is 314 g/mol. The van der Waals surface area contributed by atoms with Crippen LogP contribution in [-0.2, 0) is 11.2 Å². The van der Waals surface area contributed by atoms with Gasteiger partial charge in [0.1, 0.15) is 5.78 Å². The van der Waals surface area contributed by atoms with Crippen LogP contribution in [-0.4, -0.2) is 12.6 Å². The minimum atomic E-state index is 0.332. The van der Waals surface area contributed by atoms with Crippen LogP contribution < -0.4 is 9.47 Å². The van der Waals surface area contributed by atoms with E-state index in [9.17, 15) is 4.79 Å². The van der Waals surface area contributed by atoms with E-state index in [0.29, 0.717) is 18.5 Å². The zero-order valence-electron chi connectivity index (χ0n) is 14.0. The number of Topliss-reactive ketones (excluding diaryl/α,β-unsaturated/α-hetero) is 1. The fourth-order valence-electron chi connectivity index (χ4n) is 3.52. The average molecular weight is 314 g/mol. The van der Waals surface area contributed by atoms with Crippen LogP contribution in [0.1, 0.15) is 57.4 Å². The molecule has 1 heterocycles. The molecular formula is C20H26O3. The first kappa shape index (κ1) is 16.1. The summed E-state index contributed by atoms with van der Waals surface area (Å²) in [7, 11) is 0. The fraction of sp³-hybridized carbons (Fsp3) is 0.550. The zero-order chi connectivity index (χ0) is 16.1. The van der Waals surface area contributed by atoms with Crippen LogP contribution in [0.3, 0.4) is 0 Å². The molecule has 1 aromatic rings. The Hall–Kier alpha value is -1.77. The number of ether oxygens (including phenoxy) is 2. The van der Waals surface area contributed by atoms with Crippen molar-refractivity contribution in [2.45, 2.75) is 58.3 Å². The van der Waals surface area contributed by atoms with Gasteiger partial charge in [0.05, 0.1) is 0 Å². The number of carbonyl (C=O) groups is 1. The van der Waals surface area contributed by atoms with Crippen molar-refractivity contribution in [3.63, 3.8) is 0 Å². The average Bonchev–Trinajstić information content (AvgIpc) is 3.19. The molecule has 3 rings (SSSR count). The SMILES string of the molecule is CCC(=CCCc1ccc2c(c1)OCO2)CCC1CCCC1=O. The Bertz CT molecular complexity index is 589. The molecule has 23 heavy (non-hydrogen) atoms. The van der Waals surface area contributed by atoms with Crippen molar-refractivity contribution < 1.29 is 14.3 Å². The molecule has 0 aromatic heterocycles. The first-order valence-corrected chi connectivity index (χ1v) is 8.85. The summed E-state index contributed by atoms with van der Waals surface area (Å²) in [6.45, 7) is 2.54. The molecule has 0 radical (unpaired) electrons. The summed E-state index contributed by atoms with van der Waals surface area (Å²) in [5.41, 5.74) is 2.78. The molecule has 2 aliphatic rings. The lowest BCUT2D eigenvalue weighted by Gasteiger charge is -2.10. The third-order valence-electron chi connectivity index (χ3n) is 5.00. The number of carbonyl (C=O) groups excluding carboxylic acids is 1. The minimum absolute atomic E-state index is 0.332. The van der Waals surface area contributed by atoms with Gasteiger partial charge < -0.3 is 9.47 Å². The van der Waals surface area contributed by atoms with Crippen molar-refractivity contribution in [1.82, 2.24) is 0 Å². The van der Waals surface area contributed by atoms with Gasteiger partial charge in [-0.25, -0.2) is 0 Å². The van der Waals surface area contributed by atoms with Gasteiger partial charge in [-0.2, -0.15) is 0 Å². The van der Waals surface area contributed by atoms with E-state index in [1.807, 2.05) is 6.07 Å². The normalized spacial score (nSPS) is 20.3. The Labute approximate surface area is 138 Å². The van der Waals surface area contributed by atoms with Crippen LogP contribution in [0.2, 0.25) is 0 Å². The van der Waals surface area contributed by atoms with E-state index in [-0.39, 0.29) is 0 Å². The number of allylic oxidation sites excluding steroid dienone is 2. The van der Waals surface area contributed by atoms with Gasteiger partial charge in [-0.3, -0.25) is 4.79 Å². The molecule has 1 aromatic carbocycles. The van der Waals surface area contributed by atoms with E-state index >= 15 is 0 Å². The zero-order valence-corrected chi connectivity index (χ0v) is 14.0. The molecule has 0 N–H and O–H groups in total. The molecule has 0 spiro atoms. The van der Waals surface area contributed by atoms with Gasteiger partial charge in [0.15, 0.2) is 11.5 Å². The molecule has 0 amide bonds. The Balaban J connectivity index is 1.48. The van der Waals surface area contributed by atoms with Crippen molar-refractivity contribution >= 4 is 5.78 Å². The molecule has 1 unspecified atom stereocenters. The number of ketones is 1. The molecular weight excluding hydrogens is 288 g/mol. The molecule has 1 atom stereocenters. The topological polar surface area (TPSA) is 35.5 Å². The second-order valence-electron chi connectivity index (χ2n) is 6.54. The summed E-state index contributed by atoms with van der Waals surface area (Å²) in [4.78, 5) is 11.7. The summed E-state index contributed by atoms with van der Waals surface area (Å²) >= 11 is 0. The van der Waals surface area contributed by atoms with Gasteiger partial charge >= 0.3 is 0 Å². The summed E-state index contributed by atoms with van der Waals surface area (Å²) in [6.07, 6.45) is 10.6. The van der Waals surface area contributed by atoms with Crippen molar-refractivity contribution in [3.8, 4) is 11.5 Å².